The molecule has 0 unspecified atom stereocenters. The van der Waals surface area contributed by atoms with Crippen LogP contribution in [0.1, 0.15) is 13.3 Å². The normalized spacial score (nSPS) is 13.3. The topological polar surface area (TPSA) is 35.2 Å². The molecule has 0 aromatic carbocycles. The predicted octanol–water partition coefficient (Wildman–Crippen LogP) is 0.576. The summed E-state index contributed by atoms with van der Waals surface area (Å²) < 4.78 is 5.53. The molecular formula is C5H17NOSi2. The van der Waals surface area contributed by atoms with Gasteiger partial charge in [-0.05, 0) is 19.1 Å². The van der Waals surface area contributed by atoms with Crippen LogP contribution in [0, 0.1) is 0 Å². The highest BCUT2D eigenvalue weighted by Crippen LogP contribution is 2.11. The molecule has 0 saturated heterocycles. The molecule has 0 fully saturated rings. The van der Waals surface area contributed by atoms with Crippen molar-refractivity contribution < 1.29 is 4.12 Å². The number of hydrogen-bond donors (Lipinski definition) is 1. The van der Waals surface area contributed by atoms with E-state index in [1.54, 1.807) is 0 Å². The minimum atomic E-state index is -1.27. The zero-order chi connectivity index (χ0) is 7.33. The molecule has 0 radical (unpaired) electrons. The molecule has 0 bridgehead atoms. The first-order valence-electron chi connectivity index (χ1n) is 3.46. The van der Waals surface area contributed by atoms with Gasteiger partial charge in [-0.2, -0.15) is 0 Å². The first kappa shape index (κ1) is 9.35. The molecule has 2 nitrogen and oxygen atoms in total. The van der Waals surface area contributed by atoms with Crippen LogP contribution in [0.15, 0.2) is 0 Å². The third kappa shape index (κ3) is 4.83. The quantitative estimate of drug-likeness (QED) is 0.615. The molecule has 56 valence electrons. The Morgan fingerprint density at radius 1 is 1.56 bits per heavy atom. The van der Waals surface area contributed by atoms with Crippen LogP contribution in [0.2, 0.25) is 19.1 Å². The maximum Gasteiger partial charge on any atom is 0.221 e. The Labute approximate surface area is 60.9 Å². The molecule has 0 rings (SSSR count). The van der Waals surface area contributed by atoms with Crippen LogP contribution in [0.25, 0.3) is 0 Å². The van der Waals surface area contributed by atoms with Gasteiger partial charge in [-0.3, -0.25) is 0 Å². The lowest BCUT2D eigenvalue weighted by molar-refractivity contribution is 0.583. The predicted molar refractivity (Wildman–Crippen MR) is 46.4 cm³/mol. The highest BCUT2D eigenvalue weighted by molar-refractivity contribution is 6.74. The summed E-state index contributed by atoms with van der Waals surface area (Å²) in [5, 5.41) is 5.40. The summed E-state index contributed by atoms with van der Waals surface area (Å²) >= 11 is 0. The molecule has 9 heavy (non-hydrogen) atoms. The van der Waals surface area contributed by atoms with E-state index in [9.17, 15) is 0 Å². The first-order valence-corrected chi connectivity index (χ1v) is 7.97. The highest BCUT2D eigenvalue weighted by Gasteiger charge is 2.18. The van der Waals surface area contributed by atoms with Gasteiger partial charge in [-0.1, -0.05) is 13.3 Å². The van der Waals surface area contributed by atoms with Crippen molar-refractivity contribution in [2.45, 2.75) is 32.5 Å². The summed E-state index contributed by atoms with van der Waals surface area (Å²) in [6.07, 6.45) is 1.23. The Kier molecular flexibility index (Phi) is 4.38. The summed E-state index contributed by atoms with van der Waals surface area (Å²) in [7, 11) is -1.92. The molecule has 0 heterocycles. The van der Waals surface area contributed by atoms with Gasteiger partial charge in [0.05, 0.1) is 0 Å². The van der Waals surface area contributed by atoms with E-state index in [2.05, 4.69) is 20.0 Å². The van der Waals surface area contributed by atoms with E-state index in [4.69, 9.17) is 9.51 Å². The van der Waals surface area contributed by atoms with Crippen molar-refractivity contribution >= 4 is 18.2 Å². The van der Waals surface area contributed by atoms with Crippen LogP contribution >= 0.6 is 0 Å². The Balaban J connectivity index is 3.43. The van der Waals surface area contributed by atoms with Crippen LogP contribution in [-0.4, -0.2) is 18.2 Å². The van der Waals surface area contributed by atoms with E-state index in [1.165, 1.54) is 12.5 Å². The van der Waals surface area contributed by atoms with E-state index in [-0.39, 0.29) is 0 Å². The number of rotatable bonds is 4. The summed E-state index contributed by atoms with van der Waals surface area (Å²) in [4.78, 5) is 0. The van der Waals surface area contributed by atoms with Crippen molar-refractivity contribution in [3.05, 3.63) is 0 Å². The fourth-order valence-electron chi connectivity index (χ4n) is 0.900. The fourth-order valence-corrected chi connectivity index (χ4v) is 4.49. The van der Waals surface area contributed by atoms with E-state index in [0.717, 1.165) is 0 Å². The van der Waals surface area contributed by atoms with Crippen LogP contribution in [-0.2, 0) is 4.12 Å². The lowest BCUT2D eigenvalue weighted by Crippen LogP contribution is -2.34. The van der Waals surface area contributed by atoms with E-state index in [0.29, 0.717) is 0 Å². The SMILES string of the molecule is CCC[Si](C)(C)O[SiH2]N. The van der Waals surface area contributed by atoms with Crippen molar-refractivity contribution in [2.75, 3.05) is 0 Å². The molecule has 0 aliphatic rings. The Hall–Kier alpha value is 0.354. The summed E-state index contributed by atoms with van der Waals surface area (Å²) in [6.45, 7) is 6.66. The highest BCUT2D eigenvalue weighted by atomic mass is 28.4. The van der Waals surface area contributed by atoms with Gasteiger partial charge < -0.3 is 9.51 Å². The largest absolute Gasteiger partial charge is 0.449 e. The fraction of sp³-hybridized carbons (Fsp3) is 1.00. The van der Waals surface area contributed by atoms with Gasteiger partial charge in [0, 0.05) is 0 Å². The van der Waals surface area contributed by atoms with E-state index < -0.39 is 18.2 Å². The molecule has 0 aliphatic carbocycles. The summed E-state index contributed by atoms with van der Waals surface area (Å²) in [5.74, 6) is 0. The van der Waals surface area contributed by atoms with Gasteiger partial charge in [-0.15, -0.1) is 0 Å². The molecular weight excluding hydrogens is 146 g/mol. The van der Waals surface area contributed by atoms with Gasteiger partial charge in [0.25, 0.3) is 0 Å². The van der Waals surface area contributed by atoms with Crippen molar-refractivity contribution in [3.8, 4) is 0 Å². The van der Waals surface area contributed by atoms with Crippen LogP contribution in [0.4, 0.5) is 0 Å². The maximum atomic E-state index is 5.53. The Morgan fingerprint density at radius 2 is 2.11 bits per heavy atom. The third-order valence-electron chi connectivity index (χ3n) is 1.33. The smallest absolute Gasteiger partial charge is 0.221 e. The molecule has 0 atom stereocenters. The summed E-state index contributed by atoms with van der Waals surface area (Å²) in [5.41, 5.74) is 0. The third-order valence-corrected chi connectivity index (χ3v) is 6.82. The monoisotopic (exact) mass is 163 g/mol. The summed E-state index contributed by atoms with van der Waals surface area (Å²) in [6, 6.07) is 1.25. The lowest BCUT2D eigenvalue weighted by atomic mass is 10.6. The van der Waals surface area contributed by atoms with Crippen LogP contribution < -0.4 is 5.40 Å². The molecule has 4 heteroatoms. The van der Waals surface area contributed by atoms with Gasteiger partial charge in [0.1, 0.15) is 0 Å². The van der Waals surface area contributed by atoms with E-state index >= 15 is 0 Å². The minimum Gasteiger partial charge on any atom is -0.449 e. The standard InChI is InChI=1S/C5H17NOSi2/c1-4-5-9(2,3)7-8-6/h4-6,8H2,1-3H3. The number of nitrogens with two attached hydrogens (primary N) is 1. The Bertz CT molecular complexity index is 69.4. The van der Waals surface area contributed by atoms with Crippen molar-refractivity contribution in [2.24, 2.45) is 5.40 Å². The molecule has 0 aromatic rings. The molecule has 0 saturated carbocycles. The van der Waals surface area contributed by atoms with Crippen molar-refractivity contribution in [1.82, 2.24) is 0 Å². The second kappa shape index (κ2) is 4.21. The van der Waals surface area contributed by atoms with Gasteiger partial charge in [0.15, 0.2) is 8.32 Å². The zero-order valence-electron chi connectivity index (χ0n) is 6.61. The second-order valence-electron chi connectivity index (χ2n) is 2.82. The average Bonchev–Trinajstić information content (AvgIpc) is 1.64. The van der Waals surface area contributed by atoms with Crippen LogP contribution in [0.5, 0.6) is 0 Å². The Morgan fingerprint density at radius 3 is 2.44 bits per heavy atom. The molecule has 2 N–H and O–H groups in total. The molecule has 0 aliphatic heterocycles. The lowest BCUT2D eigenvalue weighted by Gasteiger charge is -2.20. The molecule has 0 spiro atoms. The van der Waals surface area contributed by atoms with Crippen LogP contribution in [0.3, 0.4) is 0 Å². The van der Waals surface area contributed by atoms with Crippen molar-refractivity contribution in [3.63, 3.8) is 0 Å². The zero-order valence-corrected chi connectivity index (χ0v) is 9.02. The van der Waals surface area contributed by atoms with Gasteiger partial charge >= 0.3 is 0 Å². The second-order valence-corrected chi connectivity index (χ2v) is 8.33. The minimum absolute atomic E-state index is 0.649. The number of hydrogen-bond acceptors (Lipinski definition) is 2. The van der Waals surface area contributed by atoms with E-state index in [1.807, 2.05) is 0 Å². The maximum absolute atomic E-state index is 5.53. The molecule has 0 aromatic heterocycles. The average molecular weight is 163 g/mol. The first-order chi connectivity index (χ1) is 4.12. The van der Waals surface area contributed by atoms with Gasteiger partial charge in [-0.25, -0.2) is 0 Å². The molecule has 0 amide bonds. The van der Waals surface area contributed by atoms with Crippen molar-refractivity contribution in [1.29, 1.82) is 0 Å². The van der Waals surface area contributed by atoms with Gasteiger partial charge in [0.2, 0.25) is 9.92 Å².